The molecule has 0 atom stereocenters. The van der Waals surface area contributed by atoms with Crippen molar-refractivity contribution < 1.29 is 27.8 Å². The van der Waals surface area contributed by atoms with Gasteiger partial charge in [-0.25, -0.2) is 18.4 Å². The lowest BCUT2D eigenvalue weighted by Gasteiger charge is -2.34. The second-order valence-electron chi connectivity index (χ2n) is 8.49. The number of carbonyl (C=O) groups is 2. The van der Waals surface area contributed by atoms with Gasteiger partial charge in [0.15, 0.2) is 5.82 Å². The van der Waals surface area contributed by atoms with Crippen LogP contribution in [0, 0.1) is 11.7 Å². The van der Waals surface area contributed by atoms with E-state index < -0.39 is 29.7 Å². The minimum absolute atomic E-state index is 0.00169. The van der Waals surface area contributed by atoms with Crippen LogP contribution >= 0.6 is 0 Å². The normalized spacial score (nSPS) is 18.1. The van der Waals surface area contributed by atoms with Crippen molar-refractivity contribution in [2.24, 2.45) is 5.92 Å². The molecule has 1 amide bonds. The molecule has 7 nitrogen and oxygen atoms in total. The molecule has 1 aromatic carbocycles. The van der Waals surface area contributed by atoms with Crippen LogP contribution in [0.25, 0.3) is 11.3 Å². The van der Waals surface area contributed by atoms with E-state index in [4.69, 9.17) is 4.74 Å². The smallest absolute Gasteiger partial charge is 0.416 e. The number of ether oxygens (including phenoxy) is 2. The summed E-state index contributed by atoms with van der Waals surface area (Å²) in [4.78, 5) is 25.8. The first kappa shape index (κ1) is 22.6. The summed E-state index contributed by atoms with van der Waals surface area (Å²) < 4.78 is 37.7. The third-order valence-electron chi connectivity index (χ3n) is 4.82. The van der Waals surface area contributed by atoms with Crippen LogP contribution in [0.1, 0.15) is 44.0 Å². The van der Waals surface area contributed by atoms with Gasteiger partial charge in [0.05, 0.1) is 18.4 Å². The molecule has 0 N–H and O–H groups in total. The molecule has 0 saturated heterocycles. The zero-order valence-corrected chi connectivity index (χ0v) is 17.9. The minimum Gasteiger partial charge on any atom is -0.465 e. The fourth-order valence-electron chi connectivity index (χ4n) is 3.22. The number of alkyl halides is 1. The number of esters is 1. The predicted octanol–water partition coefficient (Wildman–Crippen LogP) is 4.56. The summed E-state index contributed by atoms with van der Waals surface area (Å²) in [5.74, 6) is -0.973. The number of hydrogen-bond acceptors (Lipinski definition) is 6. The maximum absolute atomic E-state index is 14.3. The maximum atomic E-state index is 14.3. The number of nitrogens with zero attached hydrogens (tertiary/aromatic N) is 3. The third kappa shape index (κ3) is 5.53. The Morgan fingerprint density at radius 2 is 1.87 bits per heavy atom. The highest BCUT2D eigenvalue weighted by atomic mass is 19.1. The van der Waals surface area contributed by atoms with Gasteiger partial charge < -0.3 is 9.47 Å². The highest BCUT2D eigenvalue weighted by molar-refractivity contribution is 5.91. The molecule has 1 aliphatic carbocycles. The average Bonchev–Trinajstić information content (AvgIpc) is 2.69. The summed E-state index contributed by atoms with van der Waals surface area (Å²) in [5, 5.41) is 8.11. The van der Waals surface area contributed by atoms with Crippen molar-refractivity contribution in [1.82, 2.24) is 10.2 Å². The van der Waals surface area contributed by atoms with E-state index in [1.807, 2.05) is 0 Å². The van der Waals surface area contributed by atoms with Gasteiger partial charge in [0.25, 0.3) is 0 Å². The Hall–Kier alpha value is -3.10. The summed E-state index contributed by atoms with van der Waals surface area (Å²) in [7, 11) is 1.23. The van der Waals surface area contributed by atoms with E-state index in [-0.39, 0.29) is 35.1 Å². The van der Waals surface area contributed by atoms with E-state index >= 15 is 0 Å². The van der Waals surface area contributed by atoms with E-state index in [0.29, 0.717) is 12.8 Å². The molecule has 0 unspecified atom stereocenters. The number of halogens is 2. The Kier molecular flexibility index (Phi) is 6.52. The molecule has 1 heterocycles. The number of hydrogen-bond donors (Lipinski definition) is 0. The van der Waals surface area contributed by atoms with E-state index in [9.17, 15) is 18.4 Å². The van der Waals surface area contributed by atoms with Crippen LogP contribution in [0.3, 0.4) is 0 Å². The van der Waals surface area contributed by atoms with E-state index in [1.165, 1.54) is 36.3 Å². The van der Waals surface area contributed by atoms with Crippen molar-refractivity contribution in [2.45, 2.75) is 45.4 Å². The summed E-state index contributed by atoms with van der Waals surface area (Å²) >= 11 is 0. The van der Waals surface area contributed by atoms with Crippen LogP contribution in [-0.2, 0) is 9.47 Å². The Morgan fingerprint density at radius 1 is 1.16 bits per heavy atom. The van der Waals surface area contributed by atoms with Gasteiger partial charge in [-0.3, -0.25) is 4.90 Å². The number of methoxy groups -OCH3 is 1. The van der Waals surface area contributed by atoms with Gasteiger partial charge in [0, 0.05) is 12.1 Å². The largest absolute Gasteiger partial charge is 0.465 e. The van der Waals surface area contributed by atoms with Gasteiger partial charge in [-0.15, -0.1) is 10.2 Å². The van der Waals surface area contributed by atoms with Gasteiger partial charge >= 0.3 is 12.1 Å². The molecule has 3 rings (SSSR count). The van der Waals surface area contributed by atoms with E-state index in [1.54, 1.807) is 20.8 Å². The first-order valence-electron chi connectivity index (χ1n) is 9.94. The van der Waals surface area contributed by atoms with Gasteiger partial charge in [-0.2, -0.15) is 0 Å². The molecule has 31 heavy (non-hydrogen) atoms. The molecule has 166 valence electrons. The molecule has 0 spiro atoms. The molecular formula is C22H25F2N3O4. The second kappa shape index (κ2) is 8.95. The molecule has 9 heteroatoms. The Balaban J connectivity index is 1.87. The zero-order chi connectivity index (χ0) is 22.8. The molecule has 0 aliphatic heterocycles. The van der Waals surface area contributed by atoms with Crippen LogP contribution in [0.4, 0.5) is 19.4 Å². The van der Waals surface area contributed by atoms with Gasteiger partial charge in [0.2, 0.25) is 0 Å². The van der Waals surface area contributed by atoms with Gasteiger partial charge in [-0.05, 0) is 69.9 Å². The van der Waals surface area contributed by atoms with Crippen molar-refractivity contribution in [3.05, 3.63) is 41.7 Å². The first-order valence-corrected chi connectivity index (χ1v) is 9.94. The molecule has 1 fully saturated rings. The Bertz CT molecular complexity index is 954. The zero-order valence-electron chi connectivity index (χ0n) is 17.9. The van der Waals surface area contributed by atoms with Crippen LogP contribution in [0.5, 0.6) is 0 Å². The molecule has 1 aromatic heterocycles. The summed E-state index contributed by atoms with van der Waals surface area (Å²) in [6.07, 6.45) is -0.730. The first-order chi connectivity index (χ1) is 14.6. The van der Waals surface area contributed by atoms with Crippen molar-refractivity contribution >= 4 is 17.9 Å². The number of aromatic nitrogens is 2. The lowest BCUT2D eigenvalue weighted by molar-refractivity contribution is 0.0547. The quantitative estimate of drug-likeness (QED) is 0.643. The lowest BCUT2D eigenvalue weighted by atomic mass is 9.83. The van der Waals surface area contributed by atoms with Crippen LogP contribution in [0.15, 0.2) is 30.3 Å². The maximum Gasteiger partial charge on any atom is 0.416 e. The summed E-state index contributed by atoms with van der Waals surface area (Å²) in [6.45, 7) is 5.48. The number of rotatable bonds is 5. The monoisotopic (exact) mass is 433 g/mol. The number of benzene rings is 1. The van der Waals surface area contributed by atoms with Crippen molar-refractivity contribution in [3.8, 4) is 11.3 Å². The van der Waals surface area contributed by atoms with E-state index in [2.05, 4.69) is 14.9 Å². The lowest BCUT2D eigenvalue weighted by Crippen LogP contribution is -2.43. The minimum atomic E-state index is -0.857. The molecule has 2 aromatic rings. The molecule has 0 radical (unpaired) electrons. The fourth-order valence-corrected chi connectivity index (χ4v) is 3.22. The highest BCUT2D eigenvalue weighted by Gasteiger charge is 2.34. The fraction of sp³-hybridized carbons (Fsp3) is 0.455. The summed E-state index contributed by atoms with van der Waals surface area (Å²) in [5.41, 5.74) is -0.290. The number of carbonyl (C=O) groups excluding carboxylic acids is 2. The van der Waals surface area contributed by atoms with Gasteiger partial charge in [-0.1, -0.05) is 0 Å². The van der Waals surface area contributed by atoms with Crippen LogP contribution in [-0.4, -0.2) is 47.7 Å². The molecular weight excluding hydrogens is 408 g/mol. The second-order valence-corrected chi connectivity index (χ2v) is 8.49. The van der Waals surface area contributed by atoms with Crippen LogP contribution < -0.4 is 4.90 Å². The highest BCUT2D eigenvalue weighted by Crippen LogP contribution is 2.32. The van der Waals surface area contributed by atoms with Crippen molar-refractivity contribution in [3.63, 3.8) is 0 Å². The Morgan fingerprint density at radius 3 is 2.42 bits per heavy atom. The van der Waals surface area contributed by atoms with E-state index in [0.717, 1.165) is 6.07 Å². The number of amides is 1. The van der Waals surface area contributed by atoms with Gasteiger partial charge in [0.1, 0.15) is 17.6 Å². The predicted molar refractivity (Wildman–Crippen MR) is 110 cm³/mol. The Labute approximate surface area is 179 Å². The van der Waals surface area contributed by atoms with Crippen molar-refractivity contribution in [2.75, 3.05) is 18.6 Å². The molecule has 1 aliphatic rings. The standard InChI is InChI=1S/C22H25F2N3O4/c1-22(2,3)31-21(29)27(12-13-9-15(23)10-13)19-8-7-18(25-26-19)16-11-14(20(28)30-4)5-6-17(16)24/h5-8,11,13,15H,9-10,12H2,1-4H3. The van der Waals surface area contributed by atoms with Crippen molar-refractivity contribution in [1.29, 1.82) is 0 Å². The SMILES string of the molecule is COC(=O)c1ccc(F)c(-c2ccc(N(CC3CC(F)C3)C(=O)OC(C)(C)C)nn2)c1. The average molecular weight is 433 g/mol. The number of anilines is 1. The molecule has 1 saturated carbocycles. The third-order valence-corrected chi connectivity index (χ3v) is 4.82. The molecule has 0 bridgehead atoms. The summed E-state index contributed by atoms with van der Waals surface area (Å²) in [6, 6.07) is 6.80. The van der Waals surface area contributed by atoms with Crippen LogP contribution in [0.2, 0.25) is 0 Å². The topological polar surface area (TPSA) is 81.6 Å².